The third-order valence-electron chi connectivity index (χ3n) is 5.14. The van der Waals surface area contributed by atoms with Crippen LogP contribution in [0.3, 0.4) is 0 Å². The van der Waals surface area contributed by atoms with E-state index >= 15 is 0 Å². The van der Waals surface area contributed by atoms with Crippen molar-refractivity contribution in [1.82, 2.24) is 0 Å². The highest BCUT2D eigenvalue weighted by molar-refractivity contribution is 7.92. The van der Waals surface area contributed by atoms with Crippen LogP contribution >= 0.6 is 11.6 Å². The molecule has 2 rings (SSSR count). The zero-order valence-electron chi connectivity index (χ0n) is 19.7. The number of hydrogen-bond donors (Lipinski definition) is 1. The second kappa shape index (κ2) is 12.9. The molecule has 2 aromatic rings. The van der Waals surface area contributed by atoms with Crippen LogP contribution in [-0.4, -0.2) is 51.6 Å². The molecular formula is C23H31ClN2O7S. The smallest absolute Gasteiger partial charge is 0.292 e. The zero-order chi connectivity index (χ0) is 25.3. The summed E-state index contributed by atoms with van der Waals surface area (Å²) in [6.45, 7) is 6.63. The first-order valence-electron chi connectivity index (χ1n) is 10.9. The first-order chi connectivity index (χ1) is 16.1. The second-order valence-electron chi connectivity index (χ2n) is 7.87. The van der Waals surface area contributed by atoms with E-state index in [-0.39, 0.29) is 27.4 Å². The third kappa shape index (κ3) is 7.56. The van der Waals surface area contributed by atoms with Gasteiger partial charge in [0.05, 0.1) is 33.3 Å². The summed E-state index contributed by atoms with van der Waals surface area (Å²) in [4.78, 5) is 11.2. The summed E-state index contributed by atoms with van der Waals surface area (Å²) in [6.07, 6.45) is 1.38. The quantitative estimate of drug-likeness (QED) is 0.200. The summed E-state index contributed by atoms with van der Waals surface area (Å²) in [5, 5.41) is 14.3. The number of nitrogens with zero attached hydrogens (tertiary/aromatic N) is 1. The lowest BCUT2D eigenvalue weighted by molar-refractivity contribution is -0.384. The van der Waals surface area contributed by atoms with Gasteiger partial charge >= 0.3 is 0 Å². The molecule has 0 spiro atoms. The first kappa shape index (κ1) is 27.8. The maximum atomic E-state index is 12.4. The Hall–Kier alpha value is -2.40. The highest BCUT2D eigenvalue weighted by Gasteiger charge is 2.21. The molecule has 0 saturated carbocycles. The number of benzene rings is 2. The molecule has 0 aliphatic carbocycles. The van der Waals surface area contributed by atoms with Crippen molar-refractivity contribution in [3.05, 3.63) is 51.5 Å². The van der Waals surface area contributed by atoms with Gasteiger partial charge in [-0.2, -0.15) is 0 Å². The summed E-state index contributed by atoms with van der Waals surface area (Å²) in [7, 11) is -1.88. The van der Waals surface area contributed by atoms with Gasteiger partial charge in [0, 0.05) is 31.9 Å². The fourth-order valence-electron chi connectivity index (χ4n) is 3.06. The minimum Gasteiger partial charge on any atom is -0.456 e. The van der Waals surface area contributed by atoms with Gasteiger partial charge < -0.3 is 19.5 Å². The monoisotopic (exact) mass is 514 g/mol. The van der Waals surface area contributed by atoms with Crippen LogP contribution in [0.1, 0.15) is 33.6 Å². The van der Waals surface area contributed by atoms with E-state index in [1.807, 2.05) is 6.92 Å². The normalized spacial score (nSPS) is 12.5. The molecule has 11 heteroatoms. The number of anilines is 1. The van der Waals surface area contributed by atoms with Crippen LogP contribution in [0, 0.1) is 10.1 Å². The molecule has 9 nitrogen and oxygen atoms in total. The van der Waals surface area contributed by atoms with Crippen LogP contribution in [0.15, 0.2) is 41.3 Å². The molecule has 1 unspecified atom stereocenters. The van der Waals surface area contributed by atoms with Crippen molar-refractivity contribution in [3.63, 3.8) is 0 Å². The Labute approximate surface area is 205 Å². The average molecular weight is 515 g/mol. The van der Waals surface area contributed by atoms with Gasteiger partial charge in [-0.15, -0.1) is 0 Å². The van der Waals surface area contributed by atoms with Crippen LogP contribution in [-0.2, 0) is 19.3 Å². The summed E-state index contributed by atoms with van der Waals surface area (Å²) in [5.74, 6) is 0.559. The van der Waals surface area contributed by atoms with E-state index in [4.69, 9.17) is 25.8 Å². The minimum atomic E-state index is -3.48. The summed E-state index contributed by atoms with van der Waals surface area (Å²) < 4.78 is 41.0. The Morgan fingerprint density at radius 1 is 1.12 bits per heavy atom. The number of rotatable bonds is 14. The molecule has 1 N–H and O–H groups in total. The van der Waals surface area contributed by atoms with Crippen molar-refractivity contribution in [2.45, 2.75) is 49.8 Å². The minimum absolute atomic E-state index is 0.0550. The molecule has 0 bridgehead atoms. The highest BCUT2D eigenvalue weighted by atomic mass is 35.5. The number of halogens is 1. The van der Waals surface area contributed by atoms with E-state index in [1.165, 1.54) is 36.4 Å². The van der Waals surface area contributed by atoms with Gasteiger partial charge in [0.1, 0.15) is 17.2 Å². The van der Waals surface area contributed by atoms with Crippen molar-refractivity contribution in [2.75, 3.05) is 32.2 Å². The Bertz CT molecular complexity index is 1080. The van der Waals surface area contributed by atoms with Gasteiger partial charge in [0.25, 0.3) is 5.69 Å². The lowest BCUT2D eigenvalue weighted by atomic mass is 10.1. The Balaban J connectivity index is 2.21. The van der Waals surface area contributed by atoms with E-state index in [0.717, 1.165) is 6.42 Å². The van der Waals surface area contributed by atoms with Gasteiger partial charge in [-0.25, -0.2) is 8.42 Å². The molecule has 0 amide bonds. The van der Waals surface area contributed by atoms with Crippen LogP contribution in [0.25, 0.3) is 0 Å². The van der Waals surface area contributed by atoms with E-state index < -0.39 is 20.0 Å². The van der Waals surface area contributed by atoms with Crippen molar-refractivity contribution < 1.29 is 27.6 Å². The SMILES string of the molecule is CCC(CCOCCOC)Nc1cc(Oc2ccc(S(=O)(=O)C(C)C)cc2Cl)ccc1[N+](=O)[O-]. The first-order valence-corrected chi connectivity index (χ1v) is 12.9. The molecule has 0 heterocycles. The number of methoxy groups -OCH3 is 1. The molecule has 0 aliphatic rings. The fraction of sp³-hybridized carbons (Fsp3) is 0.478. The number of sulfone groups is 1. The molecule has 2 aromatic carbocycles. The average Bonchev–Trinajstić information content (AvgIpc) is 2.79. The number of ether oxygens (including phenoxy) is 3. The Kier molecular flexibility index (Phi) is 10.6. The van der Waals surface area contributed by atoms with E-state index in [0.29, 0.717) is 37.7 Å². The van der Waals surface area contributed by atoms with Crippen molar-refractivity contribution in [3.8, 4) is 11.5 Å². The fourth-order valence-corrected chi connectivity index (χ4v) is 4.43. The molecule has 34 heavy (non-hydrogen) atoms. The molecule has 0 radical (unpaired) electrons. The van der Waals surface area contributed by atoms with Gasteiger partial charge in [0.2, 0.25) is 0 Å². The largest absolute Gasteiger partial charge is 0.456 e. The standard InChI is InChI=1S/C23H31ClN2O7S/c1-5-17(10-11-32-13-12-31-4)25-21-14-18(6-8-22(21)26(27)28)33-23-9-7-19(15-20(23)24)34(29,30)16(2)3/h6-9,14-17,25H,5,10-13H2,1-4H3. The van der Waals surface area contributed by atoms with E-state index in [2.05, 4.69) is 5.32 Å². The molecular weight excluding hydrogens is 484 g/mol. The molecule has 188 valence electrons. The number of hydrogen-bond acceptors (Lipinski definition) is 8. The van der Waals surface area contributed by atoms with Gasteiger partial charge in [-0.3, -0.25) is 10.1 Å². The highest BCUT2D eigenvalue weighted by Crippen LogP contribution is 2.36. The maximum Gasteiger partial charge on any atom is 0.292 e. The molecule has 0 saturated heterocycles. The lowest BCUT2D eigenvalue weighted by Crippen LogP contribution is -2.21. The second-order valence-corrected chi connectivity index (χ2v) is 10.8. The Morgan fingerprint density at radius 3 is 2.44 bits per heavy atom. The van der Waals surface area contributed by atoms with Crippen LogP contribution in [0.2, 0.25) is 5.02 Å². The lowest BCUT2D eigenvalue weighted by Gasteiger charge is -2.19. The predicted molar refractivity (Wildman–Crippen MR) is 132 cm³/mol. The van der Waals surface area contributed by atoms with Crippen molar-refractivity contribution >= 4 is 32.8 Å². The van der Waals surface area contributed by atoms with Crippen LogP contribution < -0.4 is 10.1 Å². The number of nitro groups is 1. The zero-order valence-corrected chi connectivity index (χ0v) is 21.3. The van der Waals surface area contributed by atoms with Crippen molar-refractivity contribution in [1.29, 1.82) is 0 Å². The molecule has 0 aliphatic heterocycles. The summed E-state index contributed by atoms with van der Waals surface area (Å²) >= 11 is 6.28. The third-order valence-corrected chi connectivity index (χ3v) is 7.59. The predicted octanol–water partition coefficient (Wildman–Crippen LogP) is 5.47. The summed E-state index contributed by atoms with van der Waals surface area (Å²) in [5.41, 5.74) is 0.219. The van der Waals surface area contributed by atoms with Gasteiger partial charge in [0.15, 0.2) is 9.84 Å². The molecule has 0 fully saturated rings. The molecule has 1 atom stereocenters. The number of nitro benzene ring substituents is 1. The van der Waals surface area contributed by atoms with Gasteiger partial charge in [-0.1, -0.05) is 18.5 Å². The number of nitrogens with one attached hydrogen (secondary N) is 1. The van der Waals surface area contributed by atoms with Gasteiger partial charge in [-0.05, 0) is 51.0 Å². The van der Waals surface area contributed by atoms with Crippen LogP contribution in [0.4, 0.5) is 11.4 Å². The van der Waals surface area contributed by atoms with E-state index in [9.17, 15) is 18.5 Å². The maximum absolute atomic E-state index is 12.4. The topological polar surface area (TPSA) is 117 Å². The molecule has 0 aromatic heterocycles. The summed E-state index contributed by atoms with van der Waals surface area (Å²) in [6, 6.07) is 8.53. The Morgan fingerprint density at radius 2 is 1.85 bits per heavy atom. The van der Waals surface area contributed by atoms with Crippen molar-refractivity contribution in [2.24, 2.45) is 0 Å². The van der Waals surface area contributed by atoms with E-state index in [1.54, 1.807) is 21.0 Å². The van der Waals surface area contributed by atoms with Crippen LogP contribution in [0.5, 0.6) is 11.5 Å².